The van der Waals surface area contributed by atoms with Gasteiger partial charge in [0.2, 0.25) is 10.0 Å². The van der Waals surface area contributed by atoms with Gasteiger partial charge in [-0.1, -0.05) is 11.6 Å². The smallest absolute Gasteiger partial charge is 0.263 e. The highest BCUT2D eigenvalue weighted by Gasteiger charge is 2.47. The summed E-state index contributed by atoms with van der Waals surface area (Å²) in [6, 6.07) is 11.6. The summed E-state index contributed by atoms with van der Waals surface area (Å²) in [4.78, 5) is 12.2. The van der Waals surface area contributed by atoms with E-state index in [1.54, 1.807) is 43.6 Å². The number of amides is 1. The lowest BCUT2D eigenvalue weighted by Crippen LogP contribution is -2.69. The molecule has 1 heterocycles. The molecule has 1 fully saturated rings. The van der Waals surface area contributed by atoms with E-state index in [1.165, 1.54) is 24.3 Å². The molecule has 0 bridgehead atoms. The molecule has 0 saturated carbocycles. The van der Waals surface area contributed by atoms with Crippen molar-refractivity contribution in [1.82, 2.24) is 15.1 Å². The molecule has 3 N–H and O–H groups in total. The SMILES string of the molecule is CC1(C)NCCN(S(=O)(=O)c2ccc(Oc3ccc(Cl)cc3)cc2)[C@H]1C(=O)NO. The van der Waals surface area contributed by atoms with Crippen LogP contribution in [-0.4, -0.2) is 48.5 Å². The predicted octanol–water partition coefficient (Wildman–Crippen LogP) is 2.38. The summed E-state index contributed by atoms with van der Waals surface area (Å²) in [5.41, 5.74) is 0.704. The van der Waals surface area contributed by atoms with Crippen LogP contribution in [0, 0.1) is 0 Å². The minimum atomic E-state index is -3.98. The molecule has 0 radical (unpaired) electrons. The van der Waals surface area contributed by atoms with Crippen LogP contribution in [0.15, 0.2) is 53.4 Å². The Morgan fingerprint density at radius 3 is 2.28 bits per heavy atom. The van der Waals surface area contributed by atoms with Gasteiger partial charge in [-0.15, -0.1) is 0 Å². The molecule has 1 amide bonds. The Hall–Kier alpha value is -2.17. The second-order valence-corrected chi connectivity index (χ2v) is 9.50. The van der Waals surface area contributed by atoms with Gasteiger partial charge in [0.1, 0.15) is 17.5 Å². The van der Waals surface area contributed by atoms with E-state index in [-0.39, 0.29) is 11.4 Å². The van der Waals surface area contributed by atoms with E-state index in [2.05, 4.69) is 5.32 Å². The monoisotopic (exact) mass is 439 g/mol. The van der Waals surface area contributed by atoms with E-state index in [9.17, 15) is 13.2 Å². The van der Waals surface area contributed by atoms with Crippen LogP contribution in [0.4, 0.5) is 0 Å². The maximum atomic E-state index is 13.2. The number of halogens is 1. The van der Waals surface area contributed by atoms with Crippen LogP contribution in [0.25, 0.3) is 0 Å². The van der Waals surface area contributed by atoms with E-state index < -0.39 is 27.5 Å². The topological polar surface area (TPSA) is 108 Å². The van der Waals surface area contributed by atoms with Gasteiger partial charge < -0.3 is 10.1 Å². The van der Waals surface area contributed by atoms with E-state index in [4.69, 9.17) is 21.5 Å². The number of hydroxylamine groups is 1. The lowest BCUT2D eigenvalue weighted by Gasteiger charge is -2.44. The van der Waals surface area contributed by atoms with Crippen molar-refractivity contribution in [2.45, 2.75) is 30.3 Å². The van der Waals surface area contributed by atoms with Crippen LogP contribution in [-0.2, 0) is 14.8 Å². The second kappa shape index (κ2) is 8.29. The number of ether oxygens (including phenoxy) is 1. The molecule has 0 aliphatic carbocycles. The predicted molar refractivity (Wildman–Crippen MR) is 108 cm³/mol. The van der Waals surface area contributed by atoms with Gasteiger partial charge in [-0.25, -0.2) is 13.9 Å². The van der Waals surface area contributed by atoms with Crippen molar-refractivity contribution in [3.8, 4) is 11.5 Å². The summed E-state index contributed by atoms with van der Waals surface area (Å²) in [7, 11) is -3.98. The van der Waals surface area contributed by atoms with Crippen molar-refractivity contribution >= 4 is 27.5 Å². The third-order valence-electron chi connectivity index (χ3n) is 4.72. The van der Waals surface area contributed by atoms with Gasteiger partial charge in [0.15, 0.2) is 0 Å². The molecular weight excluding hydrogens is 418 g/mol. The van der Waals surface area contributed by atoms with Gasteiger partial charge in [0.05, 0.1) is 4.90 Å². The van der Waals surface area contributed by atoms with Crippen LogP contribution in [0.2, 0.25) is 5.02 Å². The Bertz CT molecular complexity index is 978. The Morgan fingerprint density at radius 2 is 1.72 bits per heavy atom. The van der Waals surface area contributed by atoms with Crippen molar-refractivity contribution in [3.05, 3.63) is 53.6 Å². The number of carbonyl (C=O) groups excluding carboxylic acids is 1. The zero-order valence-electron chi connectivity index (χ0n) is 15.9. The molecule has 3 rings (SSSR count). The largest absolute Gasteiger partial charge is 0.457 e. The van der Waals surface area contributed by atoms with Crippen molar-refractivity contribution in [1.29, 1.82) is 0 Å². The molecule has 0 aromatic heterocycles. The average Bonchev–Trinajstić information content (AvgIpc) is 2.68. The van der Waals surface area contributed by atoms with E-state index in [0.717, 1.165) is 4.31 Å². The molecule has 29 heavy (non-hydrogen) atoms. The van der Waals surface area contributed by atoms with Crippen molar-refractivity contribution < 1.29 is 23.2 Å². The fraction of sp³-hybridized carbons (Fsp3) is 0.316. The first-order valence-electron chi connectivity index (χ1n) is 8.89. The molecule has 2 aromatic rings. The molecule has 156 valence electrons. The number of benzene rings is 2. The first-order valence-corrected chi connectivity index (χ1v) is 10.7. The van der Waals surface area contributed by atoms with Crippen LogP contribution in [0.1, 0.15) is 13.8 Å². The average molecular weight is 440 g/mol. The van der Waals surface area contributed by atoms with Crippen LogP contribution < -0.4 is 15.5 Å². The zero-order valence-corrected chi connectivity index (χ0v) is 17.5. The summed E-state index contributed by atoms with van der Waals surface area (Å²) in [6.07, 6.45) is 0. The third-order valence-corrected chi connectivity index (χ3v) is 6.85. The first kappa shape index (κ1) is 21.5. The van der Waals surface area contributed by atoms with Crippen molar-refractivity contribution in [2.75, 3.05) is 13.1 Å². The summed E-state index contributed by atoms with van der Waals surface area (Å²) < 4.78 is 33.2. The van der Waals surface area contributed by atoms with Gasteiger partial charge in [0, 0.05) is 23.7 Å². The van der Waals surface area contributed by atoms with E-state index >= 15 is 0 Å². The molecular formula is C19H22ClN3O5S. The lowest BCUT2D eigenvalue weighted by atomic mass is 9.92. The Kier molecular flexibility index (Phi) is 6.16. The van der Waals surface area contributed by atoms with Gasteiger partial charge in [0.25, 0.3) is 5.91 Å². The fourth-order valence-electron chi connectivity index (χ4n) is 3.31. The summed E-state index contributed by atoms with van der Waals surface area (Å²) in [6.45, 7) is 3.88. The normalized spacial score (nSPS) is 19.5. The summed E-state index contributed by atoms with van der Waals surface area (Å²) in [5, 5.41) is 12.8. The zero-order chi connectivity index (χ0) is 21.2. The Balaban J connectivity index is 1.86. The number of hydrogen-bond acceptors (Lipinski definition) is 6. The summed E-state index contributed by atoms with van der Waals surface area (Å²) in [5.74, 6) is 0.221. The maximum Gasteiger partial charge on any atom is 0.263 e. The standard InChI is InChI=1S/C19H22ClN3O5S/c1-19(2)17(18(24)22-25)23(12-11-21-19)29(26,27)16-9-7-15(8-10-16)28-14-5-3-13(20)4-6-14/h3-10,17,21,25H,11-12H2,1-2H3,(H,22,24)/t17-/m0/s1. The number of carbonyl (C=O) groups is 1. The molecule has 1 atom stereocenters. The van der Waals surface area contributed by atoms with Gasteiger partial charge in [-0.3, -0.25) is 10.0 Å². The summed E-state index contributed by atoms with van der Waals surface area (Å²) >= 11 is 5.85. The van der Waals surface area contributed by atoms with E-state index in [1.807, 2.05) is 0 Å². The van der Waals surface area contributed by atoms with E-state index in [0.29, 0.717) is 23.1 Å². The number of sulfonamides is 1. The number of nitrogens with one attached hydrogen (secondary N) is 2. The lowest BCUT2D eigenvalue weighted by molar-refractivity contribution is -0.136. The first-order chi connectivity index (χ1) is 13.6. The number of hydrogen-bond donors (Lipinski definition) is 3. The highest BCUT2D eigenvalue weighted by molar-refractivity contribution is 7.89. The van der Waals surface area contributed by atoms with Crippen LogP contribution in [0.3, 0.4) is 0 Å². The molecule has 1 aliphatic heterocycles. The number of nitrogens with zero attached hydrogens (tertiary/aromatic N) is 1. The van der Waals surface area contributed by atoms with Gasteiger partial charge >= 0.3 is 0 Å². The Morgan fingerprint density at radius 1 is 1.17 bits per heavy atom. The van der Waals surface area contributed by atoms with Crippen molar-refractivity contribution in [3.63, 3.8) is 0 Å². The van der Waals surface area contributed by atoms with Crippen LogP contribution in [0.5, 0.6) is 11.5 Å². The molecule has 1 saturated heterocycles. The number of piperazine rings is 1. The highest BCUT2D eigenvalue weighted by Crippen LogP contribution is 2.29. The molecule has 2 aromatic carbocycles. The minimum absolute atomic E-state index is 0.0226. The highest BCUT2D eigenvalue weighted by atomic mass is 35.5. The Labute approximate surface area is 174 Å². The van der Waals surface area contributed by atoms with Gasteiger partial charge in [-0.2, -0.15) is 4.31 Å². The molecule has 0 unspecified atom stereocenters. The third kappa shape index (κ3) is 4.54. The molecule has 10 heteroatoms. The maximum absolute atomic E-state index is 13.2. The number of rotatable bonds is 5. The fourth-order valence-corrected chi connectivity index (χ4v) is 5.15. The van der Waals surface area contributed by atoms with Crippen molar-refractivity contribution in [2.24, 2.45) is 0 Å². The minimum Gasteiger partial charge on any atom is -0.457 e. The molecule has 8 nitrogen and oxygen atoms in total. The quantitative estimate of drug-likeness (QED) is 0.487. The van der Waals surface area contributed by atoms with Crippen LogP contribution >= 0.6 is 11.6 Å². The molecule has 1 aliphatic rings. The second-order valence-electron chi connectivity index (χ2n) is 7.17. The van der Waals surface area contributed by atoms with Gasteiger partial charge in [-0.05, 0) is 62.4 Å². The molecule has 0 spiro atoms.